The van der Waals surface area contributed by atoms with Gasteiger partial charge in [-0.2, -0.15) is 0 Å². The maximum atomic E-state index is 13.9. The van der Waals surface area contributed by atoms with Crippen molar-refractivity contribution in [1.29, 1.82) is 0 Å². The molecular formula is C26H35NO4S. The number of Topliss-reactive ketones (excluding diaryl/α,β-unsaturated/α-hetero) is 1. The summed E-state index contributed by atoms with van der Waals surface area (Å²) >= 11 is 1.33. The number of hydrogen-bond donors (Lipinski definition) is 1. The Morgan fingerprint density at radius 2 is 1.75 bits per heavy atom. The third-order valence-electron chi connectivity index (χ3n) is 7.72. The molecule has 3 aliphatic rings. The summed E-state index contributed by atoms with van der Waals surface area (Å²) in [5.74, 6) is 0.177. The van der Waals surface area contributed by atoms with E-state index in [4.69, 9.17) is 0 Å². The smallest absolute Gasteiger partial charge is 0.348 e. The molecule has 0 aromatic carbocycles. The SMILES string of the molecule is CC1=CCCCC1c1cc(N(C(=O)C2CCC(C)CC2)C2CCC(=O)CC2)c(C(=O)O)s1. The lowest BCUT2D eigenvalue weighted by Crippen LogP contribution is -2.46. The lowest BCUT2D eigenvalue weighted by molar-refractivity contribution is -0.125. The number of anilines is 1. The number of allylic oxidation sites excluding steroid dienone is 2. The first kappa shape index (κ1) is 23.2. The van der Waals surface area contributed by atoms with Crippen molar-refractivity contribution in [3.05, 3.63) is 27.5 Å². The fourth-order valence-electron chi connectivity index (χ4n) is 5.67. The van der Waals surface area contributed by atoms with Crippen molar-refractivity contribution in [2.24, 2.45) is 11.8 Å². The second kappa shape index (κ2) is 9.90. The Balaban J connectivity index is 1.71. The molecule has 5 nitrogen and oxygen atoms in total. The largest absolute Gasteiger partial charge is 0.477 e. The molecular weight excluding hydrogens is 422 g/mol. The first-order valence-electron chi connectivity index (χ1n) is 12.2. The number of hydrogen-bond acceptors (Lipinski definition) is 4. The predicted octanol–water partition coefficient (Wildman–Crippen LogP) is 6.33. The first-order chi connectivity index (χ1) is 15.3. The van der Waals surface area contributed by atoms with E-state index in [1.807, 2.05) is 11.0 Å². The topological polar surface area (TPSA) is 74.7 Å². The van der Waals surface area contributed by atoms with E-state index < -0.39 is 5.97 Å². The average Bonchev–Trinajstić information content (AvgIpc) is 3.21. The van der Waals surface area contributed by atoms with Crippen molar-refractivity contribution >= 4 is 34.7 Å². The molecule has 2 saturated carbocycles. The molecule has 0 radical (unpaired) electrons. The molecule has 1 atom stereocenters. The van der Waals surface area contributed by atoms with Gasteiger partial charge < -0.3 is 10.0 Å². The van der Waals surface area contributed by atoms with E-state index in [0.29, 0.717) is 37.3 Å². The highest BCUT2D eigenvalue weighted by Gasteiger charge is 2.37. The standard InChI is InChI=1S/C26H35NO4S/c1-16-7-9-18(10-8-16)25(29)27(19-11-13-20(28)14-12-19)22-15-23(32-24(22)26(30)31)21-6-4-3-5-17(21)2/h5,15-16,18-19,21H,3-4,6-14H2,1-2H3,(H,30,31). The number of carbonyl (C=O) groups excluding carboxylic acids is 2. The van der Waals surface area contributed by atoms with Crippen LogP contribution in [0.25, 0.3) is 0 Å². The number of carboxylic acids is 1. The number of rotatable bonds is 5. The van der Waals surface area contributed by atoms with Gasteiger partial charge in [-0.15, -0.1) is 11.3 Å². The Bertz CT molecular complexity index is 899. The lowest BCUT2D eigenvalue weighted by Gasteiger charge is -2.37. The second-order valence-electron chi connectivity index (χ2n) is 10.0. The van der Waals surface area contributed by atoms with Crippen molar-refractivity contribution in [2.45, 2.75) is 96.4 Å². The van der Waals surface area contributed by atoms with Crippen LogP contribution in [0.3, 0.4) is 0 Å². The number of nitrogens with zero attached hydrogens (tertiary/aromatic N) is 1. The molecule has 1 heterocycles. The summed E-state index contributed by atoms with van der Waals surface area (Å²) in [6.45, 7) is 4.36. The highest BCUT2D eigenvalue weighted by atomic mass is 32.1. The Morgan fingerprint density at radius 1 is 1.06 bits per heavy atom. The number of ketones is 1. The number of thiophene rings is 1. The van der Waals surface area contributed by atoms with Gasteiger partial charge in [0.15, 0.2) is 0 Å². The van der Waals surface area contributed by atoms with E-state index >= 15 is 0 Å². The maximum absolute atomic E-state index is 13.9. The molecule has 32 heavy (non-hydrogen) atoms. The molecule has 1 N–H and O–H groups in total. The highest BCUT2D eigenvalue weighted by Crippen LogP contribution is 2.44. The molecule has 1 aromatic heterocycles. The molecule has 0 saturated heterocycles. The Kier molecular flexibility index (Phi) is 7.18. The van der Waals surface area contributed by atoms with Crippen LogP contribution in [-0.4, -0.2) is 28.8 Å². The average molecular weight is 458 g/mol. The van der Waals surface area contributed by atoms with Crippen LogP contribution >= 0.6 is 11.3 Å². The molecule has 0 bridgehead atoms. The van der Waals surface area contributed by atoms with Gasteiger partial charge in [-0.1, -0.05) is 18.6 Å². The van der Waals surface area contributed by atoms with E-state index in [9.17, 15) is 19.5 Å². The van der Waals surface area contributed by atoms with Crippen molar-refractivity contribution < 1.29 is 19.5 Å². The van der Waals surface area contributed by atoms with Crippen molar-refractivity contribution in [2.75, 3.05) is 4.90 Å². The quantitative estimate of drug-likeness (QED) is 0.524. The molecule has 1 amide bonds. The van der Waals surface area contributed by atoms with E-state index in [1.54, 1.807) is 0 Å². The van der Waals surface area contributed by atoms with Crippen LogP contribution < -0.4 is 4.90 Å². The summed E-state index contributed by atoms with van der Waals surface area (Å²) in [5, 5.41) is 10.1. The summed E-state index contributed by atoms with van der Waals surface area (Å²) in [6.07, 6.45) is 11.5. The monoisotopic (exact) mass is 457 g/mol. The third kappa shape index (κ3) is 4.85. The summed E-state index contributed by atoms with van der Waals surface area (Å²) in [5.41, 5.74) is 1.86. The molecule has 4 rings (SSSR count). The van der Waals surface area contributed by atoms with Gasteiger partial charge in [0.1, 0.15) is 10.7 Å². The van der Waals surface area contributed by atoms with E-state index in [1.165, 1.54) is 16.9 Å². The van der Waals surface area contributed by atoms with Gasteiger partial charge in [-0.3, -0.25) is 9.59 Å². The van der Waals surface area contributed by atoms with Gasteiger partial charge in [0.2, 0.25) is 5.91 Å². The van der Waals surface area contributed by atoms with Crippen LogP contribution in [0.15, 0.2) is 17.7 Å². The van der Waals surface area contributed by atoms with Gasteiger partial charge in [0, 0.05) is 35.6 Å². The zero-order valence-corrected chi connectivity index (χ0v) is 20.1. The number of carbonyl (C=O) groups is 3. The molecule has 0 spiro atoms. The van der Waals surface area contributed by atoms with Gasteiger partial charge in [-0.25, -0.2) is 4.79 Å². The Hall–Kier alpha value is -1.95. The summed E-state index contributed by atoms with van der Waals surface area (Å²) in [6, 6.07) is 1.89. The first-order valence-corrected chi connectivity index (χ1v) is 13.0. The fourth-order valence-corrected chi connectivity index (χ4v) is 6.88. The third-order valence-corrected chi connectivity index (χ3v) is 8.95. The molecule has 1 unspecified atom stereocenters. The number of amides is 1. The molecule has 6 heteroatoms. The molecule has 3 aliphatic carbocycles. The molecule has 174 valence electrons. The predicted molar refractivity (Wildman–Crippen MR) is 127 cm³/mol. The Morgan fingerprint density at radius 3 is 2.38 bits per heavy atom. The molecule has 1 aromatic rings. The van der Waals surface area contributed by atoms with Gasteiger partial charge >= 0.3 is 5.97 Å². The minimum atomic E-state index is -0.962. The summed E-state index contributed by atoms with van der Waals surface area (Å²) in [7, 11) is 0. The maximum Gasteiger partial charge on any atom is 0.348 e. The number of aromatic carboxylic acids is 1. The second-order valence-corrected chi connectivity index (χ2v) is 11.1. The van der Waals surface area contributed by atoms with Crippen LogP contribution in [0.4, 0.5) is 5.69 Å². The van der Waals surface area contributed by atoms with Gasteiger partial charge in [-0.05, 0) is 76.7 Å². The van der Waals surface area contributed by atoms with Crippen LogP contribution in [-0.2, 0) is 9.59 Å². The highest BCUT2D eigenvalue weighted by molar-refractivity contribution is 7.14. The van der Waals surface area contributed by atoms with Gasteiger partial charge in [0.25, 0.3) is 0 Å². The lowest BCUT2D eigenvalue weighted by atomic mass is 9.81. The van der Waals surface area contributed by atoms with E-state index in [2.05, 4.69) is 19.9 Å². The Labute approximate surface area is 194 Å². The number of carboxylic acid groups (broad SMARTS) is 1. The summed E-state index contributed by atoms with van der Waals surface area (Å²) < 4.78 is 0. The van der Waals surface area contributed by atoms with Crippen LogP contribution in [0.2, 0.25) is 0 Å². The van der Waals surface area contributed by atoms with Crippen LogP contribution in [0.5, 0.6) is 0 Å². The fraction of sp³-hybridized carbons (Fsp3) is 0.654. The molecule has 2 fully saturated rings. The molecule has 0 aliphatic heterocycles. The zero-order valence-electron chi connectivity index (χ0n) is 19.3. The minimum Gasteiger partial charge on any atom is -0.477 e. The van der Waals surface area contributed by atoms with Crippen LogP contribution in [0, 0.1) is 11.8 Å². The van der Waals surface area contributed by atoms with Gasteiger partial charge in [0.05, 0.1) is 5.69 Å². The zero-order chi connectivity index (χ0) is 22.8. The van der Waals surface area contributed by atoms with Crippen molar-refractivity contribution in [3.63, 3.8) is 0 Å². The summed E-state index contributed by atoms with van der Waals surface area (Å²) in [4.78, 5) is 41.2. The van der Waals surface area contributed by atoms with E-state index in [-0.39, 0.29) is 34.4 Å². The minimum absolute atomic E-state index is 0.0508. The van der Waals surface area contributed by atoms with E-state index in [0.717, 1.165) is 49.8 Å². The normalized spacial score (nSPS) is 27.1. The van der Waals surface area contributed by atoms with Crippen molar-refractivity contribution in [3.8, 4) is 0 Å². The van der Waals surface area contributed by atoms with Crippen molar-refractivity contribution in [1.82, 2.24) is 0 Å². The van der Waals surface area contributed by atoms with Crippen LogP contribution in [0.1, 0.15) is 105 Å².